The summed E-state index contributed by atoms with van der Waals surface area (Å²) in [5.74, 6) is 0.488. The second kappa shape index (κ2) is 6.93. The Morgan fingerprint density at radius 1 is 1.29 bits per heavy atom. The molecule has 116 valence electrons. The molecule has 0 aliphatic carbocycles. The molecule has 0 bridgehead atoms. The fourth-order valence-electron chi connectivity index (χ4n) is 2.53. The Hall–Kier alpha value is -1.56. The fraction of sp³-hybridized carbons (Fsp3) is 0.533. The minimum atomic E-state index is -2.87. The summed E-state index contributed by atoms with van der Waals surface area (Å²) in [4.78, 5) is 11.7. The van der Waals surface area contributed by atoms with E-state index in [9.17, 15) is 13.2 Å². The van der Waals surface area contributed by atoms with Crippen LogP contribution < -0.4 is 10.6 Å². The zero-order chi connectivity index (χ0) is 15.3. The van der Waals surface area contributed by atoms with Gasteiger partial charge in [-0.25, -0.2) is 13.2 Å². The first-order valence-electron chi connectivity index (χ1n) is 7.23. The lowest BCUT2D eigenvalue weighted by atomic mass is 10.1. The fourth-order valence-corrected chi connectivity index (χ4v) is 4.40. The van der Waals surface area contributed by atoms with Crippen LogP contribution >= 0.6 is 0 Å². The maximum absolute atomic E-state index is 11.7. The highest BCUT2D eigenvalue weighted by molar-refractivity contribution is 7.91. The minimum absolute atomic E-state index is 0.0529. The monoisotopic (exact) mass is 310 g/mol. The number of amides is 2. The molecule has 1 heterocycles. The molecule has 1 fully saturated rings. The first-order chi connectivity index (χ1) is 9.96. The molecule has 1 aliphatic rings. The standard InChI is InChI=1S/C15H22N2O3S/c1-12-4-2-3-5-14(12)6-8-16-15(18)17-10-13-7-9-21(19,20)11-13/h2-5,13H,6-11H2,1H3,(H2,16,17,18)/t13-/m1/s1. The third-order valence-corrected chi connectivity index (χ3v) is 5.66. The third-order valence-electron chi connectivity index (χ3n) is 3.82. The Kier molecular flexibility index (Phi) is 5.22. The molecule has 0 radical (unpaired) electrons. The van der Waals surface area contributed by atoms with Crippen LogP contribution in [0.15, 0.2) is 24.3 Å². The molecule has 1 aromatic rings. The number of carbonyl (C=O) groups excluding carboxylic acids is 1. The van der Waals surface area contributed by atoms with E-state index in [-0.39, 0.29) is 23.5 Å². The molecule has 1 aromatic carbocycles. The van der Waals surface area contributed by atoms with Gasteiger partial charge >= 0.3 is 6.03 Å². The number of urea groups is 1. The number of sulfone groups is 1. The number of aryl methyl sites for hydroxylation is 1. The average Bonchev–Trinajstić information content (AvgIpc) is 2.78. The molecule has 5 nitrogen and oxygen atoms in total. The number of benzene rings is 1. The maximum atomic E-state index is 11.7. The highest BCUT2D eigenvalue weighted by Gasteiger charge is 2.27. The lowest BCUT2D eigenvalue weighted by Crippen LogP contribution is -2.39. The second-order valence-corrected chi connectivity index (χ2v) is 7.81. The van der Waals surface area contributed by atoms with Crippen molar-refractivity contribution >= 4 is 15.9 Å². The van der Waals surface area contributed by atoms with E-state index in [2.05, 4.69) is 29.7 Å². The second-order valence-electron chi connectivity index (χ2n) is 5.58. The minimum Gasteiger partial charge on any atom is -0.338 e. The molecule has 1 aliphatic heterocycles. The van der Waals surface area contributed by atoms with E-state index in [4.69, 9.17) is 0 Å². The Labute approximate surface area is 126 Å². The summed E-state index contributed by atoms with van der Waals surface area (Å²) in [6.45, 7) is 3.05. The van der Waals surface area contributed by atoms with Gasteiger partial charge in [0.25, 0.3) is 0 Å². The predicted octanol–water partition coefficient (Wildman–Crippen LogP) is 1.27. The summed E-state index contributed by atoms with van der Waals surface area (Å²) in [5.41, 5.74) is 2.44. The first kappa shape index (κ1) is 15.8. The molecular weight excluding hydrogens is 288 g/mol. The summed E-state index contributed by atoms with van der Waals surface area (Å²) in [6.07, 6.45) is 1.43. The van der Waals surface area contributed by atoms with Gasteiger partial charge in [0.2, 0.25) is 0 Å². The number of hydrogen-bond donors (Lipinski definition) is 2. The van der Waals surface area contributed by atoms with Crippen LogP contribution in [-0.4, -0.2) is 39.0 Å². The van der Waals surface area contributed by atoms with Gasteiger partial charge in [-0.15, -0.1) is 0 Å². The van der Waals surface area contributed by atoms with Gasteiger partial charge in [-0.05, 0) is 36.8 Å². The Morgan fingerprint density at radius 2 is 2.05 bits per heavy atom. The molecule has 21 heavy (non-hydrogen) atoms. The van der Waals surface area contributed by atoms with Crippen molar-refractivity contribution in [2.24, 2.45) is 5.92 Å². The van der Waals surface area contributed by atoms with Crippen molar-refractivity contribution in [3.05, 3.63) is 35.4 Å². The van der Waals surface area contributed by atoms with Crippen LogP contribution in [0.3, 0.4) is 0 Å². The molecule has 0 unspecified atom stereocenters. The zero-order valence-corrected chi connectivity index (χ0v) is 13.1. The molecule has 2 N–H and O–H groups in total. The van der Waals surface area contributed by atoms with Gasteiger partial charge in [-0.1, -0.05) is 24.3 Å². The van der Waals surface area contributed by atoms with Gasteiger partial charge in [-0.3, -0.25) is 0 Å². The van der Waals surface area contributed by atoms with Crippen molar-refractivity contribution < 1.29 is 13.2 Å². The van der Waals surface area contributed by atoms with Crippen LogP contribution in [0.1, 0.15) is 17.5 Å². The summed E-state index contributed by atoms with van der Waals surface area (Å²) >= 11 is 0. The smallest absolute Gasteiger partial charge is 0.314 e. The largest absolute Gasteiger partial charge is 0.338 e. The van der Waals surface area contributed by atoms with E-state index < -0.39 is 9.84 Å². The van der Waals surface area contributed by atoms with E-state index in [0.29, 0.717) is 19.5 Å². The van der Waals surface area contributed by atoms with E-state index in [1.54, 1.807) is 0 Å². The first-order valence-corrected chi connectivity index (χ1v) is 9.05. The van der Waals surface area contributed by atoms with E-state index in [1.807, 2.05) is 12.1 Å². The Bertz CT molecular complexity index is 599. The highest BCUT2D eigenvalue weighted by Crippen LogP contribution is 2.17. The lowest BCUT2D eigenvalue weighted by molar-refractivity contribution is 0.239. The van der Waals surface area contributed by atoms with Crippen LogP contribution in [-0.2, 0) is 16.3 Å². The number of rotatable bonds is 5. The molecular formula is C15H22N2O3S. The van der Waals surface area contributed by atoms with Crippen LogP contribution in [0.25, 0.3) is 0 Å². The molecule has 2 rings (SSSR count). The van der Waals surface area contributed by atoms with Crippen LogP contribution in [0, 0.1) is 12.8 Å². The van der Waals surface area contributed by atoms with Gasteiger partial charge < -0.3 is 10.6 Å². The molecule has 1 saturated heterocycles. The van der Waals surface area contributed by atoms with Gasteiger partial charge in [0.05, 0.1) is 11.5 Å². The quantitative estimate of drug-likeness (QED) is 0.860. The average molecular weight is 310 g/mol. The zero-order valence-electron chi connectivity index (χ0n) is 12.3. The van der Waals surface area contributed by atoms with Crippen molar-refractivity contribution in [1.82, 2.24) is 10.6 Å². The lowest BCUT2D eigenvalue weighted by Gasteiger charge is -2.11. The van der Waals surface area contributed by atoms with Gasteiger partial charge in [0, 0.05) is 13.1 Å². The van der Waals surface area contributed by atoms with E-state index in [0.717, 1.165) is 6.42 Å². The van der Waals surface area contributed by atoms with Crippen molar-refractivity contribution in [1.29, 1.82) is 0 Å². The molecule has 1 atom stereocenters. The van der Waals surface area contributed by atoms with Crippen molar-refractivity contribution in [2.75, 3.05) is 24.6 Å². The number of hydrogen-bond acceptors (Lipinski definition) is 3. The molecule has 2 amide bonds. The Balaban J connectivity index is 1.65. The van der Waals surface area contributed by atoms with Crippen LogP contribution in [0.4, 0.5) is 4.79 Å². The van der Waals surface area contributed by atoms with Crippen molar-refractivity contribution in [3.8, 4) is 0 Å². The Morgan fingerprint density at radius 3 is 2.71 bits per heavy atom. The van der Waals surface area contributed by atoms with Gasteiger partial charge in [0.1, 0.15) is 0 Å². The normalized spacial score (nSPS) is 20.1. The third kappa shape index (κ3) is 5.04. The van der Waals surface area contributed by atoms with Gasteiger partial charge in [-0.2, -0.15) is 0 Å². The van der Waals surface area contributed by atoms with E-state index in [1.165, 1.54) is 11.1 Å². The number of carbonyl (C=O) groups is 1. The van der Waals surface area contributed by atoms with Crippen molar-refractivity contribution in [2.45, 2.75) is 19.8 Å². The SMILES string of the molecule is Cc1ccccc1CCNC(=O)NC[C@H]1CCS(=O)(=O)C1. The maximum Gasteiger partial charge on any atom is 0.314 e. The summed E-state index contributed by atoms with van der Waals surface area (Å²) in [5, 5.41) is 5.55. The molecule has 0 saturated carbocycles. The topological polar surface area (TPSA) is 75.3 Å². The highest BCUT2D eigenvalue weighted by atomic mass is 32.2. The number of nitrogens with one attached hydrogen (secondary N) is 2. The van der Waals surface area contributed by atoms with Crippen LogP contribution in [0.5, 0.6) is 0 Å². The predicted molar refractivity (Wildman–Crippen MR) is 83.0 cm³/mol. The molecule has 0 spiro atoms. The van der Waals surface area contributed by atoms with Crippen molar-refractivity contribution in [3.63, 3.8) is 0 Å². The molecule has 0 aromatic heterocycles. The van der Waals surface area contributed by atoms with E-state index >= 15 is 0 Å². The van der Waals surface area contributed by atoms with Gasteiger partial charge in [0.15, 0.2) is 9.84 Å². The summed E-state index contributed by atoms with van der Waals surface area (Å²) in [6, 6.07) is 7.86. The summed E-state index contributed by atoms with van der Waals surface area (Å²) < 4.78 is 22.6. The van der Waals surface area contributed by atoms with Crippen LogP contribution in [0.2, 0.25) is 0 Å². The summed E-state index contributed by atoms with van der Waals surface area (Å²) in [7, 11) is -2.87. The molecule has 6 heteroatoms.